The lowest BCUT2D eigenvalue weighted by molar-refractivity contribution is 0.0953. The molecule has 3 rings (SSSR count). The molecule has 1 saturated heterocycles. The fourth-order valence-corrected chi connectivity index (χ4v) is 3.25. The van der Waals surface area contributed by atoms with Crippen molar-refractivity contribution < 1.29 is 4.79 Å². The van der Waals surface area contributed by atoms with Crippen molar-refractivity contribution in [2.24, 2.45) is 5.92 Å². The van der Waals surface area contributed by atoms with Gasteiger partial charge in [0.25, 0.3) is 5.91 Å². The van der Waals surface area contributed by atoms with Crippen LogP contribution in [-0.2, 0) is 0 Å². The summed E-state index contributed by atoms with van der Waals surface area (Å²) in [6, 6.07) is 12.1. The molecule has 144 valence electrons. The number of pyridine rings is 1. The van der Waals surface area contributed by atoms with Gasteiger partial charge in [-0.1, -0.05) is 20.3 Å². The summed E-state index contributed by atoms with van der Waals surface area (Å²) in [7, 11) is 0. The fourth-order valence-electron chi connectivity index (χ4n) is 3.25. The summed E-state index contributed by atoms with van der Waals surface area (Å²) in [6.45, 7) is 7.41. The van der Waals surface area contributed by atoms with Crippen LogP contribution in [0.25, 0.3) is 0 Å². The van der Waals surface area contributed by atoms with Crippen LogP contribution in [0, 0.1) is 5.92 Å². The molecular weight excluding hydrogens is 336 g/mol. The normalized spacial score (nSPS) is 14.8. The Balaban J connectivity index is 1.55. The fraction of sp³-hybridized carbons (Fsp3) is 0.455. The Hall–Kier alpha value is -2.56. The quantitative estimate of drug-likeness (QED) is 0.704. The van der Waals surface area contributed by atoms with Crippen molar-refractivity contribution in [3.8, 4) is 0 Å². The van der Waals surface area contributed by atoms with Crippen LogP contribution in [0.2, 0.25) is 0 Å². The number of amides is 1. The van der Waals surface area contributed by atoms with Gasteiger partial charge in [0.1, 0.15) is 5.82 Å². The van der Waals surface area contributed by atoms with E-state index < -0.39 is 0 Å². The predicted octanol–water partition coefficient (Wildman–Crippen LogP) is 4.59. The van der Waals surface area contributed by atoms with E-state index in [-0.39, 0.29) is 5.91 Å². The third kappa shape index (κ3) is 5.46. The summed E-state index contributed by atoms with van der Waals surface area (Å²) in [4.78, 5) is 18.8. The number of nitrogens with zero attached hydrogens (tertiary/aromatic N) is 2. The monoisotopic (exact) mass is 366 g/mol. The van der Waals surface area contributed by atoms with E-state index in [4.69, 9.17) is 0 Å². The van der Waals surface area contributed by atoms with Crippen molar-refractivity contribution in [1.82, 2.24) is 10.3 Å². The van der Waals surface area contributed by atoms with Crippen molar-refractivity contribution in [3.63, 3.8) is 0 Å². The lowest BCUT2D eigenvalue weighted by Gasteiger charge is -2.32. The first-order chi connectivity index (χ1) is 13.2. The van der Waals surface area contributed by atoms with Crippen molar-refractivity contribution in [1.29, 1.82) is 0 Å². The molecule has 0 bridgehead atoms. The minimum Gasteiger partial charge on any atom is -0.372 e. The lowest BCUT2D eigenvalue weighted by Crippen LogP contribution is -2.32. The topological polar surface area (TPSA) is 57.3 Å². The van der Waals surface area contributed by atoms with Gasteiger partial charge in [0.15, 0.2) is 0 Å². The number of hydrogen-bond acceptors (Lipinski definition) is 4. The molecule has 1 aromatic carbocycles. The standard InChI is InChI=1S/C22H30N4O/c1-3-4-13-23-22(27)18-5-10-21(24-16-18)25-19-6-8-20(9-7-19)26-14-11-17(2)12-15-26/h5-10,16-17H,3-4,11-15H2,1-2H3,(H,23,27)(H,24,25). The SMILES string of the molecule is CCCCNC(=O)c1ccc(Nc2ccc(N3CCC(C)CC3)cc2)nc1. The Kier molecular flexibility index (Phi) is 6.69. The first-order valence-corrected chi connectivity index (χ1v) is 10.0. The zero-order valence-electron chi connectivity index (χ0n) is 16.4. The zero-order valence-corrected chi connectivity index (χ0v) is 16.4. The van der Waals surface area contributed by atoms with Gasteiger partial charge in [-0.25, -0.2) is 4.98 Å². The van der Waals surface area contributed by atoms with Gasteiger partial charge in [-0.15, -0.1) is 0 Å². The minimum absolute atomic E-state index is 0.0669. The Labute approximate surface area is 162 Å². The second-order valence-electron chi connectivity index (χ2n) is 7.38. The van der Waals surface area contributed by atoms with E-state index >= 15 is 0 Å². The Morgan fingerprint density at radius 3 is 2.52 bits per heavy atom. The zero-order chi connectivity index (χ0) is 19.1. The molecule has 0 radical (unpaired) electrons. The number of benzene rings is 1. The van der Waals surface area contributed by atoms with Gasteiger partial charge in [0.05, 0.1) is 5.56 Å². The molecule has 0 aliphatic carbocycles. The van der Waals surface area contributed by atoms with Crippen molar-refractivity contribution >= 4 is 23.1 Å². The van der Waals surface area contributed by atoms with Crippen LogP contribution in [0.5, 0.6) is 0 Å². The van der Waals surface area contributed by atoms with Gasteiger partial charge in [-0.3, -0.25) is 4.79 Å². The number of aromatic nitrogens is 1. The number of unbranched alkanes of at least 4 members (excludes halogenated alkanes) is 1. The van der Waals surface area contributed by atoms with Crippen molar-refractivity contribution in [2.75, 3.05) is 29.9 Å². The van der Waals surface area contributed by atoms with Gasteiger partial charge in [0.2, 0.25) is 0 Å². The largest absolute Gasteiger partial charge is 0.372 e. The number of carbonyl (C=O) groups is 1. The number of nitrogens with one attached hydrogen (secondary N) is 2. The van der Waals surface area contributed by atoms with Crippen LogP contribution in [0.1, 0.15) is 49.9 Å². The maximum absolute atomic E-state index is 12.0. The van der Waals surface area contributed by atoms with E-state index in [0.717, 1.165) is 43.4 Å². The summed E-state index contributed by atoms with van der Waals surface area (Å²) in [5.41, 5.74) is 2.86. The third-order valence-electron chi connectivity index (χ3n) is 5.13. The van der Waals surface area contributed by atoms with E-state index in [0.29, 0.717) is 12.1 Å². The van der Waals surface area contributed by atoms with Gasteiger partial charge >= 0.3 is 0 Å². The highest BCUT2D eigenvalue weighted by Gasteiger charge is 2.15. The Morgan fingerprint density at radius 2 is 1.89 bits per heavy atom. The number of piperidine rings is 1. The molecule has 5 heteroatoms. The van der Waals surface area contributed by atoms with Crippen LogP contribution < -0.4 is 15.5 Å². The molecule has 0 spiro atoms. The molecule has 1 aliphatic heterocycles. The van der Waals surface area contributed by atoms with E-state index in [9.17, 15) is 4.79 Å². The van der Waals surface area contributed by atoms with Crippen molar-refractivity contribution in [3.05, 3.63) is 48.2 Å². The second kappa shape index (κ2) is 9.40. The van der Waals surface area contributed by atoms with E-state index in [1.165, 1.54) is 18.5 Å². The molecule has 0 saturated carbocycles. The molecular formula is C22H30N4O. The van der Waals surface area contributed by atoms with E-state index in [2.05, 4.69) is 58.6 Å². The molecule has 5 nitrogen and oxygen atoms in total. The Bertz CT molecular complexity index is 719. The van der Waals surface area contributed by atoms with Crippen LogP contribution in [-0.4, -0.2) is 30.5 Å². The highest BCUT2D eigenvalue weighted by Crippen LogP contribution is 2.25. The smallest absolute Gasteiger partial charge is 0.252 e. The molecule has 0 atom stereocenters. The van der Waals surface area contributed by atoms with E-state index in [1.807, 2.05) is 6.07 Å². The molecule has 2 heterocycles. The summed E-state index contributed by atoms with van der Waals surface area (Å²) >= 11 is 0. The van der Waals surface area contributed by atoms with Gasteiger partial charge in [-0.05, 0) is 61.6 Å². The van der Waals surface area contributed by atoms with Crippen LogP contribution >= 0.6 is 0 Å². The first kappa shape index (κ1) is 19.2. The number of anilines is 3. The average molecular weight is 367 g/mol. The highest BCUT2D eigenvalue weighted by atomic mass is 16.1. The molecule has 1 amide bonds. The summed E-state index contributed by atoms with van der Waals surface area (Å²) in [6.07, 6.45) is 6.21. The maximum Gasteiger partial charge on any atom is 0.252 e. The molecule has 1 aromatic heterocycles. The minimum atomic E-state index is -0.0669. The number of rotatable bonds is 7. The lowest BCUT2D eigenvalue weighted by atomic mass is 9.99. The van der Waals surface area contributed by atoms with Crippen LogP contribution in [0.15, 0.2) is 42.6 Å². The Morgan fingerprint density at radius 1 is 1.15 bits per heavy atom. The van der Waals surface area contributed by atoms with Crippen LogP contribution in [0.3, 0.4) is 0 Å². The van der Waals surface area contributed by atoms with Gasteiger partial charge in [-0.2, -0.15) is 0 Å². The first-order valence-electron chi connectivity index (χ1n) is 10.0. The second-order valence-corrected chi connectivity index (χ2v) is 7.38. The predicted molar refractivity (Wildman–Crippen MR) is 112 cm³/mol. The van der Waals surface area contributed by atoms with Crippen LogP contribution in [0.4, 0.5) is 17.2 Å². The summed E-state index contributed by atoms with van der Waals surface area (Å²) in [5, 5.41) is 6.20. The van der Waals surface area contributed by atoms with Gasteiger partial charge < -0.3 is 15.5 Å². The molecule has 2 N–H and O–H groups in total. The number of carbonyl (C=O) groups excluding carboxylic acids is 1. The highest BCUT2D eigenvalue weighted by molar-refractivity contribution is 5.94. The molecule has 2 aromatic rings. The summed E-state index contributed by atoms with van der Waals surface area (Å²) in [5.74, 6) is 1.51. The summed E-state index contributed by atoms with van der Waals surface area (Å²) < 4.78 is 0. The number of hydrogen-bond donors (Lipinski definition) is 2. The van der Waals surface area contributed by atoms with Gasteiger partial charge in [0, 0.05) is 37.2 Å². The average Bonchev–Trinajstić information content (AvgIpc) is 2.70. The molecule has 1 aliphatic rings. The maximum atomic E-state index is 12.0. The molecule has 1 fully saturated rings. The third-order valence-corrected chi connectivity index (χ3v) is 5.13. The molecule has 27 heavy (non-hydrogen) atoms. The van der Waals surface area contributed by atoms with E-state index in [1.54, 1.807) is 12.3 Å². The molecule has 0 unspecified atom stereocenters. The van der Waals surface area contributed by atoms with Crippen molar-refractivity contribution in [2.45, 2.75) is 39.5 Å².